The van der Waals surface area contributed by atoms with E-state index in [-0.39, 0.29) is 14.9 Å². The van der Waals surface area contributed by atoms with Crippen molar-refractivity contribution in [1.82, 2.24) is 9.62 Å². The van der Waals surface area contributed by atoms with Crippen LogP contribution in [0.25, 0.3) is 0 Å². The predicted octanol–water partition coefficient (Wildman–Crippen LogP) is 4.30. The molecule has 0 atom stereocenters. The Morgan fingerprint density at radius 1 is 1.03 bits per heavy atom. The summed E-state index contributed by atoms with van der Waals surface area (Å²) in [4.78, 5) is 2.21. The first-order valence-corrected chi connectivity index (χ1v) is 12.0. The molecule has 3 rings (SSSR count). The summed E-state index contributed by atoms with van der Waals surface area (Å²) in [7, 11) is -3.71. The van der Waals surface area contributed by atoms with Gasteiger partial charge in [-0.2, -0.15) is 0 Å². The normalized spacial score (nSPS) is 17.4. The Kier molecular flexibility index (Phi) is 7.49. The van der Waals surface area contributed by atoms with Crippen LogP contribution in [0.15, 0.2) is 47.4 Å². The lowest BCUT2D eigenvalue weighted by molar-refractivity contribution is -0.0259. The van der Waals surface area contributed by atoms with Crippen molar-refractivity contribution in [3.8, 4) is 0 Å². The first-order chi connectivity index (χ1) is 13.7. The van der Waals surface area contributed by atoms with E-state index in [1.165, 1.54) is 6.07 Å². The quantitative estimate of drug-likeness (QED) is 0.583. The number of piperidine rings is 1. The number of likely N-dealkylation sites (tertiary alicyclic amines) is 1. The molecule has 2 aromatic rings. The van der Waals surface area contributed by atoms with E-state index < -0.39 is 15.6 Å². The van der Waals surface area contributed by atoms with Crippen molar-refractivity contribution in [2.75, 3.05) is 26.2 Å². The zero-order chi connectivity index (χ0) is 21.1. The fourth-order valence-electron chi connectivity index (χ4n) is 3.47. The van der Waals surface area contributed by atoms with Crippen LogP contribution in [0.3, 0.4) is 0 Å². The third-order valence-corrected chi connectivity index (χ3v) is 7.90. The van der Waals surface area contributed by atoms with Crippen LogP contribution in [-0.4, -0.2) is 44.6 Å². The van der Waals surface area contributed by atoms with Gasteiger partial charge in [-0.15, -0.1) is 0 Å². The Hall–Kier alpha value is -0.860. The SMILES string of the molecule is O=S(=O)(NCCCN1CCC(O)(c2ccc(Cl)cc2)CC1)c1cccc(Cl)c1Cl. The van der Waals surface area contributed by atoms with Gasteiger partial charge >= 0.3 is 0 Å². The first-order valence-electron chi connectivity index (χ1n) is 9.36. The predicted molar refractivity (Wildman–Crippen MR) is 117 cm³/mol. The standard InChI is InChI=1S/C20H23Cl3N2O3S/c21-16-7-5-15(6-8-16)20(26)9-13-25(14-10-20)12-2-11-24-29(27,28)18-4-1-3-17(22)19(18)23/h1,3-8,24,26H,2,9-14H2. The number of nitrogens with one attached hydrogen (secondary N) is 1. The monoisotopic (exact) mass is 476 g/mol. The number of sulfonamides is 1. The van der Waals surface area contributed by atoms with E-state index in [0.29, 0.717) is 30.8 Å². The topological polar surface area (TPSA) is 69.6 Å². The Balaban J connectivity index is 1.46. The van der Waals surface area contributed by atoms with Gasteiger partial charge in [-0.05, 0) is 55.6 Å². The Morgan fingerprint density at radius 2 is 1.69 bits per heavy atom. The summed E-state index contributed by atoms with van der Waals surface area (Å²) in [5.41, 5.74) is 0.0409. The van der Waals surface area contributed by atoms with Crippen molar-refractivity contribution >= 4 is 44.8 Å². The lowest BCUT2D eigenvalue weighted by atomic mass is 9.84. The van der Waals surface area contributed by atoms with Crippen LogP contribution in [0.1, 0.15) is 24.8 Å². The molecular weight excluding hydrogens is 455 g/mol. The van der Waals surface area contributed by atoms with E-state index in [1.54, 1.807) is 24.3 Å². The average molecular weight is 478 g/mol. The molecule has 2 aromatic carbocycles. The molecule has 0 aliphatic carbocycles. The molecule has 29 heavy (non-hydrogen) atoms. The Morgan fingerprint density at radius 3 is 2.34 bits per heavy atom. The van der Waals surface area contributed by atoms with Crippen molar-refractivity contribution in [1.29, 1.82) is 0 Å². The molecule has 1 saturated heterocycles. The number of benzene rings is 2. The lowest BCUT2D eigenvalue weighted by Gasteiger charge is -2.38. The van der Waals surface area contributed by atoms with Gasteiger partial charge in [0, 0.05) is 24.7 Å². The maximum atomic E-state index is 12.4. The highest BCUT2D eigenvalue weighted by atomic mass is 35.5. The van der Waals surface area contributed by atoms with Crippen LogP contribution in [0.2, 0.25) is 15.1 Å². The summed E-state index contributed by atoms with van der Waals surface area (Å²) in [6.07, 6.45) is 1.90. The summed E-state index contributed by atoms with van der Waals surface area (Å²) in [6, 6.07) is 11.8. The number of hydrogen-bond acceptors (Lipinski definition) is 4. The zero-order valence-corrected chi connectivity index (χ0v) is 18.8. The molecule has 158 valence electrons. The van der Waals surface area contributed by atoms with E-state index in [0.717, 1.165) is 25.2 Å². The number of hydrogen-bond donors (Lipinski definition) is 2. The summed E-state index contributed by atoms with van der Waals surface area (Å²) < 4.78 is 27.4. The molecule has 1 aliphatic heterocycles. The fraction of sp³-hybridized carbons (Fsp3) is 0.400. The van der Waals surface area contributed by atoms with Crippen LogP contribution >= 0.6 is 34.8 Å². The van der Waals surface area contributed by atoms with E-state index in [2.05, 4.69) is 9.62 Å². The molecular formula is C20H23Cl3N2O3S. The zero-order valence-electron chi connectivity index (χ0n) is 15.7. The van der Waals surface area contributed by atoms with Gasteiger partial charge in [0.2, 0.25) is 10.0 Å². The van der Waals surface area contributed by atoms with Crippen molar-refractivity contribution < 1.29 is 13.5 Å². The Labute approximate surface area is 186 Å². The molecule has 0 spiro atoms. The largest absolute Gasteiger partial charge is 0.385 e. The van der Waals surface area contributed by atoms with Crippen LogP contribution in [0.4, 0.5) is 0 Å². The molecule has 9 heteroatoms. The number of halogens is 3. The molecule has 2 N–H and O–H groups in total. The minimum Gasteiger partial charge on any atom is -0.385 e. The average Bonchev–Trinajstić information content (AvgIpc) is 2.69. The molecule has 0 unspecified atom stereocenters. The minimum absolute atomic E-state index is 0.0160. The fourth-order valence-corrected chi connectivity index (χ4v) is 5.43. The van der Waals surface area contributed by atoms with Gasteiger partial charge in [-0.1, -0.05) is 53.0 Å². The third kappa shape index (κ3) is 5.64. The van der Waals surface area contributed by atoms with Gasteiger partial charge in [-0.3, -0.25) is 0 Å². The maximum Gasteiger partial charge on any atom is 0.242 e. The van der Waals surface area contributed by atoms with E-state index in [1.807, 2.05) is 12.1 Å². The summed E-state index contributed by atoms with van der Waals surface area (Å²) in [5.74, 6) is 0. The smallest absolute Gasteiger partial charge is 0.242 e. The maximum absolute atomic E-state index is 12.4. The van der Waals surface area contributed by atoms with Gasteiger partial charge < -0.3 is 10.0 Å². The van der Waals surface area contributed by atoms with Crippen LogP contribution in [0.5, 0.6) is 0 Å². The third-order valence-electron chi connectivity index (χ3n) is 5.21. The van der Waals surface area contributed by atoms with Gasteiger partial charge in [-0.25, -0.2) is 13.1 Å². The van der Waals surface area contributed by atoms with Gasteiger partial charge in [0.05, 0.1) is 15.6 Å². The van der Waals surface area contributed by atoms with Crippen LogP contribution in [0, 0.1) is 0 Å². The first kappa shape index (κ1) is 22.8. The molecule has 1 fully saturated rings. The number of nitrogens with zero attached hydrogens (tertiary/aromatic N) is 1. The molecule has 0 saturated carbocycles. The molecule has 0 bridgehead atoms. The molecule has 0 amide bonds. The highest BCUT2D eigenvalue weighted by molar-refractivity contribution is 7.89. The number of rotatable bonds is 7. The molecule has 0 radical (unpaired) electrons. The van der Waals surface area contributed by atoms with Crippen molar-refractivity contribution in [2.45, 2.75) is 29.8 Å². The van der Waals surface area contributed by atoms with Gasteiger partial charge in [0.1, 0.15) is 4.90 Å². The highest BCUT2D eigenvalue weighted by Gasteiger charge is 2.33. The molecule has 5 nitrogen and oxygen atoms in total. The van der Waals surface area contributed by atoms with Crippen molar-refractivity contribution in [2.24, 2.45) is 0 Å². The molecule has 0 aromatic heterocycles. The van der Waals surface area contributed by atoms with E-state index in [4.69, 9.17) is 34.8 Å². The van der Waals surface area contributed by atoms with Gasteiger partial charge in [0.25, 0.3) is 0 Å². The van der Waals surface area contributed by atoms with Crippen molar-refractivity contribution in [3.63, 3.8) is 0 Å². The minimum atomic E-state index is -3.71. The van der Waals surface area contributed by atoms with E-state index in [9.17, 15) is 13.5 Å². The highest BCUT2D eigenvalue weighted by Crippen LogP contribution is 2.33. The summed E-state index contributed by atoms with van der Waals surface area (Å²) >= 11 is 17.8. The summed E-state index contributed by atoms with van der Waals surface area (Å²) in [5, 5.41) is 11.8. The van der Waals surface area contributed by atoms with E-state index >= 15 is 0 Å². The number of aliphatic hydroxyl groups is 1. The van der Waals surface area contributed by atoms with Crippen LogP contribution in [-0.2, 0) is 15.6 Å². The van der Waals surface area contributed by atoms with Gasteiger partial charge in [0.15, 0.2) is 0 Å². The summed E-state index contributed by atoms with van der Waals surface area (Å²) in [6.45, 7) is 2.52. The second kappa shape index (κ2) is 9.52. The van der Waals surface area contributed by atoms with Crippen molar-refractivity contribution in [3.05, 3.63) is 63.1 Å². The van der Waals surface area contributed by atoms with Crippen LogP contribution < -0.4 is 4.72 Å². The second-order valence-electron chi connectivity index (χ2n) is 7.18. The lowest BCUT2D eigenvalue weighted by Crippen LogP contribution is -2.43. The Bertz CT molecular complexity index is 944. The second-order valence-corrected chi connectivity index (χ2v) is 10.1. The molecule has 1 aliphatic rings. The molecule has 1 heterocycles.